The fourth-order valence-electron chi connectivity index (χ4n) is 2.35. The van der Waals surface area contributed by atoms with Gasteiger partial charge in [0.1, 0.15) is 5.75 Å². The van der Waals surface area contributed by atoms with Gasteiger partial charge in [0.2, 0.25) is 21.1 Å². The molecule has 0 aliphatic carbocycles. The molecule has 0 unspecified atom stereocenters. The van der Waals surface area contributed by atoms with Crippen LogP contribution in [0, 0.1) is 0 Å². The summed E-state index contributed by atoms with van der Waals surface area (Å²) in [5.41, 5.74) is 1.23. The Kier molecular flexibility index (Phi) is 6.92. The Hall–Kier alpha value is -2.67. The number of methoxy groups -OCH3 is 1. The minimum atomic E-state index is -3.77. The van der Waals surface area contributed by atoms with E-state index < -0.39 is 15.3 Å². The van der Waals surface area contributed by atoms with Gasteiger partial charge in [0.05, 0.1) is 22.9 Å². The molecule has 9 nitrogen and oxygen atoms in total. The van der Waals surface area contributed by atoms with Crippen molar-refractivity contribution in [2.75, 3.05) is 17.7 Å². The molecule has 1 amide bonds. The zero-order valence-electron chi connectivity index (χ0n) is 16.0. The molecule has 0 radical (unpaired) electrons. The number of sulfonamides is 1. The number of carbonyl (C=O) groups excluding carboxylic acids is 1. The molecule has 1 heterocycles. The molecule has 0 saturated heterocycles. The fraction of sp³-hybridized carbons (Fsp3) is 0.167. The predicted octanol–water partition coefficient (Wildman–Crippen LogP) is 3.06. The predicted molar refractivity (Wildman–Crippen MR) is 118 cm³/mol. The van der Waals surface area contributed by atoms with Gasteiger partial charge in [-0.3, -0.25) is 4.79 Å². The van der Waals surface area contributed by atoms with Crippen molar-refractivity contribution in [3.63, 3.8) is 0 Å². The van der Waals surface area contributed by atoms with Crippen molar-refractivity contribution in [2.45, 2.75) is 21.4 Å². The lowest BCUT2D eigenvalue weighted by Crippen LogP contribution is -2.22. The van der Waals surface area contributed by atoms with E-state index in [4.69, 9.17) is 9.88 Å². The van der Waals surface area contributed by atoms with Crippen molar-refractivity contribution >= 4 is 55.5 Å². The van der Waals surface area contributed by atoms with Gasteiger partial charge in [0.15, 0.2) is 4.34 Å². The Labute approximate surface area is 182 Å². The maximum absolute atomic E-state index is 12.4. The molecule has 0 aliphatic heterocycles. The van der Waals surface area contributed by atoms with Gasteiger partial charge in [0, 0.05) is 5.69 Å². The highest BCUT2D eigenvalue weighted by Crippen LogP contribution is 2.33. The molecule has 1 aromatic heterocycles. The maximum atomic E-state index is 12.4. The quantitative estimate of drug-likeness (QED) is 0.432. The van der Waals surface area contributed by atoms with Crippen LogP contribution < -0.4 is 20.5 Å². The highest BCUT2D eigenvalue weighted by Gasteiger charge is 2.18. The van der Waals surface area contributed by atoms with Gasteiger partial charge in [-0.15, -0.1) is 10.2 Å². The molecule has 4 N–H and O–H groups in total. The number of para-hydroxylation sites is 2. The van der Waals surface area contributed by atoms with Crippen molar-refractivity contribution in [2.24, 2.45) is 5.14 Å². The minimum Gasteiger partial charge on any atom is -0.495 e. The lowest BCUT2D eigenvalue weighted by molar-refractivity contribution is -0.115. The van der Waals surface area contributed by atoms with E-state index in [0.717, 1.165) is 5.69 Å². The molecule has 3 rings (SSSR count). The summed E-state index contributed by atoms with van der Waals surface area (Å²) in [5.74, 6) is 0.431. The zero-order chi connectivity index (χ0) is 21.7. The van der Waals surface area contributed by atoms with E-state index >= 15 is 0 Å². The zero-order valence-corrected chi connectivity index (χ0v) is 18.5. The monoisotopic (exact) mass is 465 g/mol. The van der Waals surface area contributed by atoms with Crippen molar-refractivity contribution in [1.29, 1.82) is 0 Å². The van der Waals surface area contributed by atoms with E-state index in [0.29, 0.717) is 20.9 Å². The second-order valence-electron chi connectivity index (χ2n) is 6.02. The van der Waals surface area contributed by atoms with Gasteiger partial charge >= 0.3 is 0 Å². The lowest BCUT2D eigenvalue weighted by atomic mass is 10.3. The second kappa shape index (κ2) is 9.43. The average Bonchev–Trinajstić information content (AvgIpc) is 3.14. The van der Waals surface area contributed by atoms with E-state index in [-0.39, 0.29) is 10.8 Å². The molecule has 0 saturated carbocycles. The van der Waals surface area contributed by atoms with Crippen LogP contribution in [0.4, 0.5) is 16.5 Å². The van der Waals surface area contributed by atoms with Crippen molar-refractivity contribution in [1.82, 2.24) is 10.2 Å². The number of hydrogen-bond donors (Lipinski definition) is 3. The first-order valence-electron chi connectivity index (χ1n) is 8.60. The number of nitrogens with zero attached hydrogens (tertiary/aromatic N) is 2. The summed E-state index contributed by atoms with van der Waals surface area (Å²) in [7, 11) is -2.19. The number of ether oxygens (including phenoxy) is 1. The Bertz CT molecular complexity index is 1130. The number of aromatic nitrogens is 2. The SMILES string of the molecule is COc1ccccc1Nc1nnc(S[C@@H](C)C(=O)Nc2ccc(S(N)(=O)=O)cc2)s1. The van der Waals surface area contributed by atoms with Crippen LogP contribution in [0.5, 0.6) is 5.75 Å². The van der Waals surface area contributed by atoms with E-state index in [9.17, 15) is 13.2 Å². The topological polar surface area (TPSA) is 136 Å². The molecule has 2 aromatic carbocycles. The van der Waals surface area contributed by atoms with Crippen LogP contribution in [-0.2, 0) is 14.8 Å². The van der Waals surface area contributed by atoms with Gasteiger partial charge in [-0.05, 0) is 43.3 Å². The fourth-order valence-corrected chi connectivity index (χ4v) is 4.77. The molecule has 12 heteroatoms. The van der Waals surface area contributed by atoms with Crippen molar-refractivity contribution < 1.29 is 17.9 Å². The van der Waals surface area contributed by atoms with Crippen LogP contribution in [0.25, 0.3) is 0 Å². The lowest BCUT2D eigenvalue weighted by Gasteiger charge is -2.10. The van der Waals surface area contributed by atoms with Crippen LogP contribution in [0.15, 0.2) is 57.8 Å². The minimum absolute atomic E-state index is 0.0214. The number of thioether (sulfide) groups is 1. The Morgan fingerprint density at radius 3 is 2.53 bits per heavy atom. The summed E-state index contributed by atoms with van der Waals surface area (Å²) in [6.45, 7) is 1.74. The summed E-state index contributed by atoms with van der Waals surface area (Å²) in [6, 6.07) is 13.1. The number of amides is 1. The first-order valence-corrected chi connectivity index (χ1v) is 11.8. The molecule has 0 aliphatic rings. The third-order valence-electron chi connectivity index (χ3n) is 3.85. The standard InChI is InChI=1S/C18H19N5O4S3/c1-11(16(24)20-12-7-9-13(10-8-12)30(19,25)26)28-18-23-22-17(29-18)21-14-5-3-4-6-15(14)27-2/h3-11H,1-2H3,(H,20,24)(H,21,22)(H2,19,25,26)/t11-/m0/s1. The van der Waals surface area contributed by atoms with E-state index in [1.54, 1.807) is 14.0 Å². The number of primary sulfonamides is 1. The van der Waals surface area contributed by atoms with E-state index in [2.05, 4.69) is 20.8 Å². The summed E-state index contributed by atoms with van der Waals surface area (Å²) in [5, 5.41) is 19.3. The molecule has 30 heavy (non-hydrogen) atoms. The number of anilines is 3. The molecule has 3 aromatic rings. The van der Waals surface area contributed by atoms with Gasteiger partial charge < -0.3 is 15.4 Å². The van der Waals surface area contributed by atoms with E-state index in [1.165, 1.54) is 47.4 Å². The number of hydrogen-bond acceptors (Lipinski definition) is 9. The highest BCUT2D eigenvalue weighted by molar-refractivity contribution is 8.02. The van der Waals surface area contributed by atoms with Gasteiger partial charge in [-0.25, -0.2) is 13.6 Å². The second-order valence-corrected chi connectivity index (χ2v) is 10.1. The van der Waals surface area contributed by atoms with E-state index in [1.807, 2.05) is 24.3 Å². The molecular formula is C18H19N5O4S3. The molecule has 1 atom stereocenters. The number of carbonyl (C=O) groups is 1. The number of nitrogens with two attached hydrogens (primary N) is 1. The Morgan fingerprint density at radius 2 is 1.87 bits per heavy atom. The Morgan fingerprint density at radius 1 is 1.17 bits per heavy atom. The number of rotatable bonds is 8. The normalized spacial score (nSPS) is 12.2. The summed E-state index contributed by atoms with van der Waals surface area (Å²) in [4.78, 5) is 12.4. The maximum Gasteiger partial charge on any atom is 0.238 e. The third kappa shape index (κ3) is 5.69. The molecule has 0 spiro atoms. The number of nitrogens with one attached hydrogen (secondary N) is 2. The molecule has 158 valence electrons. The number of benzene rings is 2. The first-order chi connectivity index (χ1) is 14.3. The summed E-state index contributed by atoms with van der Waals surface area (Å²) >= 11 is 2.58. The molecule has 0 bridgehead atoms. The van der Waals surface area contributed by atoms with Crippen LogP contribution >= 0.6 is 23.1 Å². The third-order valence-corrected chi connectivity index (χ3v) is 6.80. The first kappa shape index (κ1) is 22.0. The largest absolute Gasteiger partial charge is 0.495 e. The van der Waals surface area contributed by atoms with Crippen LogP contribution in [0.1, 0.15) is 6.92 Å². The van der Waals surface area contributed by atoms with Gasteiger partial charge in [-0.2, -0.15) is 0 Å². The van der Waals surface area contributed by atoms with Crippen LogP contribution in [-0.4, -0.2) is 36.9 Å². The highest BCUT2D eigenvalue weighted by atomic mass is 32.2. The summed E-state index contributed by atoms with van der Waals surface area (Å²) in [6.07, 6.45) is 0. The smallest absolute Gasteiger partial charge is 0.238 e. The van der Waals surface area contributed by atoms with Gasteiger partial charge in [0.25, 0.3) is 0 Å². The summed E-state index contributed by atoms with van der Waals surface area (Å²) < 4.78 is 28.5. The Balaban J connectivity index is 1.59. The average molecular weight is 466 g/mol. The van der Waals surface area contributed by atoms with Crippen LogP contribution in [0.2, 0.25) is 0 Å². The molecule has 0 fully saturated rings. The van der Waals surface area contributed by atoms with Crippen molar-refractivity contribution in [3.05, 3.63) is 48.5 Å². The van der Waals surface area contributed by atoms with Crippen molar-refractivity contribution in [3.8, 4) is 5.75 Å². The van der Waals surface area contributed by atoms with Crippen LogP contribution in [0.3, 0.4) is 0 Å². The molecular weight excluding hydrogens is 446 g/mol. The van der Waals surface area contributed by atoms with Gasteiger partial charge in [-0.1, -0.05) is 35.2 Å².